The maximum atomic E-state index is 15.2. The molecule has 15 rings (SSSR count). The van der Waals surface area contributed by atoms with E-state index in [0.29, 0.717) is 5.52 Å². The van der Waals surface area contributed by atoms with Crippen LogP contribution in [0.25, 0.3) is 55.6 Å². The smallest absolute Gasteiger partial charge is 0.280 e. The molecule has 10 aromatic heterocycles. The van der Waals surface area contributed by atoms with Gasteiger partial charge in [0.25, 0.3) is 16.7 Å². The summed E-state index contributed by atoms with van der Waals surface area (Å²) in [5.74, 6) is 8.29. The molecule has 610 valence electrons. The first-order valence-corrected chi connectivity index (χ1v) is 34.3. The Balaban J connectivity index is 0.000000142. The second-order valence-corrected chi connectivity index (χ2v) is 27.4. The molecule has 0 bridgehead atoms. The molecule has 0 saturated carbocycles. The zero-order valence-electron chi connectivity index (χ0n) is 60.5. The molecular formula is C68H72F6N22O18S. The lowest BCUT2D eigenvalue weighted by Gasteiger charge is -2.24. The van der Waals surface area contributed by atoms with Gasteiger partial charge in [-0.05, 0) is 47.6 Å². The fraction of sp³-hybridized carbons (Fsp3) is 0.456. The van der Waals surface area contributed by atoms with Gasteiger partial charge in [-0.25, -0.2) is 56.2 Å². The van der Waals surface area contributed by atoms with Crippen LogP contribution in [0.1, 0.15) is 71.6 Å². The Hall–Kier alpha value is -11.5. The highest BCUT2D eigenvalue weighted by Gasteiger charge is 2.64. The van der Waals surface area contributed by atoms with Gasteiger partial charge in [-0.2, -0.15) is 15.0 Å². The standard InChI is InChI=1S/C15H15F2N3O4.C14H15FN4O4.C13H14FN5O4.C13H14FN5O3S.C13H14FN5O3/c1-4-15(17)11(22)10(6(2)21)24-14(15)20-5-8(16)9-12(20)18-7(3)19-13(9)23;1-3-14(15)9(21)8(6(2)20)23-12(14)19-5-4-7-10(19)17-13(16)18-11(7)22;1-3-13(14)8(21)7(5(2)20)23-11(13)19-4-16-6-9(19)17-12(15)18-10(6)22;1-3-13(14)8(21)7(5(2)20)22-11(13)19-4-16-6-9(19)17-12(15)18-10(6)23;1-3-13(14)9(21)8(6(2)20)22-11(13)19-5-17-7-4-16-12(15)18-10(7)19/h1,5-6,10-11,14,21-22H,2-3H3,(H,18,19,23);1,4-6,8-9,12,20-21H,2H3,(H3,16,17,18,22);1,4-5,7-8,11,20-21H,2H3,(H3,15,17,18,22);1,4-5,7-8,11,20-21H,2H3,(H3,15,17,18,23);1,4-6,8-9,11,20-21H,2H3,(H2,15,16,18)/t6-,10-,11+,14-,15?;6-,8-,9+,12-,14?;2*5-,7-,8+,11-,13?;6-,8-,9+,11-,13?/m11111/s1. The highest BCUT2D eigenvalue weighted by atomic mass is 32.1. The first kappa shape index (κ1) is 84.4. The molecule has 0 amide bonds. The Morgan fingerprint density at radius 2 is 0.861 bits per heavy atom. The lowest BCUT2D eigenvalue weighted by molar-refractivity contribution is -0.0776. The quantitative estimate of drug-likeness (QED) is 0.0384. The molecule has 0 spiro atoms. The molecule has 115 heavy (non-hydrogen) atoms. The number of hydrogen-bond donors (Lipinski definition) is 18. The SMILES string of the molecule is C#CC1(F)[C@@H](O)[C@@H]([C@@H](C)O)O[C@H]1n1cc(F)c2c(=O)[nH]c(C)nc21.C#CC1(F)[C@@H](O)[C@@H]([C@@H](C)O)O[C@H]1n1ccc2c(=O)[nH]c(N)nc21.C#CC1(F)[C@@H](O)[C@@H]([C@@H](C)O)O[C@H]1n1cnc2c(=O)[nH]c(N)nc21.C#CC1(F)[C@@H](O)[C@@H]([C@@H](C)O)O[C@H]1n1cnc2c(=S)nc(N)[nH]c21.C#CC1(F)[C@@H](O)[C@@H]([C@@H](C)O)O[C@H]1n1cnc2cnc(N)nc21. The third kappa shape index (κ3) is 14.4. The van der Waals surface area contributed by atoms with E-state index >= 15 is 22.0 Å². The van der Waals surface area contributed by atoms with Crippen LogP contribution < -0.4 is 39.6 Å². The highest BCUT2D eigenvalue weighted by Crippen LogP contribution is 2.49. The average molecular weight is 1630 g/mol. The van der Waals surface area contributed by atoms with Gasteiger partial charge in [-0.15, -0.1) is 32.1 Å². The van der Waals surface area contributed by atoms with Crippen LogP contribution in [0.5, 0.6) is 0 Å². The van der Waals surface area contributed by atoms with Gasteiger partial charge in [0.1, 0.15) is 88.9 Å². The van der Waals surface area contributed by atoms with E-state index in [1.165, 1.54) is 86.4 Å². The number of rotatable bonds is 10. The van der Waals surface area contributed by atoms with Crippen molar-refractivity contribution >= 4 is 91.6 Å². The molecule has 5 fully saturated rings. The minimum atomic E-state index is -2.74. The molecule has 22 N–H and O–H groups in total. The van der Waals surface area contributed by atoms with E-state index in [0.717, 1.165) is 21.7 Å². The Bertz CT molecular complexity index is 5520. The van der Waals surface area contributed by atoms with Gasteiger partial charge in [0.15, 0.2) is 75.7 Å². The molecule has 40 nitrogen and oxygen atoms in total. The minimum Gasteiger partial charge on any atom is -0.391 e. The maximum absolute atomic E-state index is 15.2. The monoisotopic (exact) mass is 1630 g/mol. The summed E-state index contributed by atoms with van der Waals surface area (Å²) in [6, 6.07) is 1.41. The molecule has 10 aromatic rings. The van der Waals surface area contributed by atoms with Gasteiger partial charge in [-0.3, -0.25) is 42.6 Å². The van der Waals surface area contributed by atoms with Crippen LogP contribution in [-0.4, -0.2) is 259 Å². The van der Waals surface area contributed by atoms with Crippen molar-refractivity contribution in [1.29, 1.82) is 0 Å². The first-order valence-electron chi connectivity index (χ1n) is 33.9. The normalized spacial score (nSPS) is 32.1. The molecule has 0 radical (unpaired) electrons. The highest BCUT2D eigenvalue weighted by molar-refractivity contribution is 7.71. The number of aliphatic hydroxyl groups is 10. The molecule has 5 aliphatic rings. The second kappa shape index (κ2) is 31.4. The molecule has 25 atom stereocenters. The number of terminal acetylenes is 5. The lowest BCUT2D eigenvalue weighted by Crippen LogP contribution is -2.43. The lowest BCUT2D eigenvalue weighted by atomic mass is 9.95. The summed E-state index contributed by atoms with van der Waals surface area (Å²) in [5.41, 5.74) is 8.07. The number of aromatic amines is 4. The first-order chi connectivity index (χ1) is 54.0. The van der Waals surface area contributed by atoms with E-state index in [9.17, 15) is 69.8 Å². The third-order valence-electron chi connectivity index (χ3n) is 19.3. The van der Waals surface area contributed by atoms with Crippen LogP contribution >= 0.6 is 12.2 Å². The minimum absolute atomic E-state index is 0.0139. The Morgan fingerprint density at radius 1 is 0.478 bits per heavy atom. The van der Waals surface area contributed by atoms with Crippen LogP contribution in [0.15, 0.2) is 58.0 Å². The van der Waals surface area contributed by atoms with Crippen LogP contribution in [0.4, 0.5) is 50.1 Å². The van der Waals surface area contributed by atoms with Gasteiger partial charge in [0.05, 0.1) is 61.1 Å². The summed E-state index contributed by atoms with van der Waals surface area (Å²) >= 11 is 5.05. The van der Waals surface area contributed by atoms with E-state index in [4.69, 9.17) is 91.0 Å². The number of halogens is 6. The van der Waals surface area contributed by atoms with Gasteiger partial charge < -0.3 is 112 Å². The second-order valence-electron chi connectivity index (χ2n) is 27.0. The average Bonchev–Trinajstić information content (AvgIpc) is 1.62. The summed E-state index contributed by atoms with van der Waals surface area (Å²) in [6.45, 7) is 8.20. The number of nitrogens with zero attached hydrogens (tertiary/aromatic N) is 14. The largest absolute Gasteiger partial charge is 0.391 e. The topological polar surface area (TPSA) is 608 Å². The number of nitrogens with one attached hydrogen (secondary N) is 4. The Labute approximate surface area is 646 Å². The number of anilines is 4. The number of aliphatic hydroxyl groups excluding tert-OH is 10. The summed E-state index contributed by atoms with van der Waals surface area (Å²) in [5, 5.41) is 98.5. The van der Waals surface area contributed by atoms with Crippen LogP contribution in [-0.2, 0) is 23.7 Å². The molecule has 0 aliphatic carbocycles. The predicted molar refractivity (Wildman–Crippen MR) is 391 cm³/mol. The van der Waals surface area contributed by atoms with Crippen LogP contribution in [0, 0.1) is 79.1 Å². The molecular weight excluding hydrogens is 1560 g/mol. The predicted octanol–water partition coefficient (Wildman–Crippen LogP) is -2.44. The van der Waals surface area contributed by atoms with E-state index < -0.39 is 174 Å². The van der Waals surface area contributed by atoms with Crippen LogP contribution in [0.3, 0.4) is 0 Å². The van der Waals surface area contributed by atoms with Crippen molar-refractivity contribution in [3.63, 3.8) is 0 Å². The van der Waals surface area contributed by atoms with Crippen molar-refractivity contribution in [2.75, 3.05) is 22.9 Å². The van der Waals surface area contributed by atoms with Crippen molar-refractivity contribution in [3.8, 4) is 61.7 Å². The molecule has 5 aliphatic heterocycles. The summed E-state index contributed by atoms with van der Waals surface area (Å²) in [4.78, 5) is 80.6. The van der Waals surface area contributed by atoms with E-state index in [1.54, 1.807) is 0 Å². The Morgan fingerprint density at radius 3 is 1.31 bits per heavy atom. The molecule has 0 aromatic carbocycles. The number of aryl methyl sites for hydroxylation is 1. The number of hydrogen-bond acceptors (Lipinski definition) is 32. The van der Waals surface area contributed by atoms with Crippen molar-refractivity contribution < 1.29 is 101 Å². The van der Waals surface area contributed by atoms with Gasteiger partial charge >= 0.3 is 0 Å². The zero-order chi connectivity index (χ0) is 84.7. The van der Waals surface area contributed by atoms with Crippen molar-refractivity contribution in [2.24, 2.45) is 0 Å². The molecule has 5 saturated heterocycles. The molecule has 5 unspecified atom stereocenters. The number of ether oxygens (including phenoxy) is 5. The number of nitrogens with two attached hydrogens (primary N) is 4. The summed E-state index contributed by atoms with van der Waals surface area (Å²) in [6.07, 6.45) is 5.26. The van der Waals surface area contributed by atoms with Crippen molar-refractivity contribution in [3.05, 3.63) is 91.0 Å². The fourth-order valence-electron chi connectivity index (χ4n) is 13.5. The van der Waals surface area contributed by atoms with E-state index in [-0.39, 0.29) is 84.3 Å². The van der Waals surface area contributed by atoms with Crippen molar-refractivity contribution in [1.82, 2.24) is 87.6 Å². The maximum Gasteiger partial charge on any atom is 0.280 e. The van der Waals surface area contributed by atoms with Crippen LogP contribution in [0.2, 0.25) is 0 Å². The Kier molecular flexibility index (Phi) is 23.0. The molecule has 47 heteroatoms. The van der Waals surface area contributed by atoms with E-state index in [2.05, 4.69) is 64.8 Å². The van der Waals surface area contributed by atoms with Crippen molar-refractivity contribution in [2.45, 2.75) is 193 Å². The number of H-pyrrole nitrogens is 4. The van der Waals surface area contributed by atoms with Gasteiger partial charge in [0.2, 0.25) is 46.2 Å². The summed E-state index contributed by atoms with van der Waals surface area (Å²) in [7, 11) is 0. The number of nitrogen functional groups attached to an aromatic ring is 4. The number of imidazole rings is 3. The number of alkyl halides is 5. The third-order valence-corrected chi connectivity index (χ3v) is 19.6. The molecule has 15 heterocycles. The zero-order valence-corrected chi connectivity index (χ0v) is 61.3. The van der Waals surface area contributed by atoms with E-state index in [1.807, 2.05) is 29.6 Å². The number of aromatic nitrogens is 18. The number of fused-ring (bicyclic) bond motifs is 5. The fourth-order valence-corrected chi connectivity index (χ4v) is 13.7. The van der Waals surface area contributed by atoms with Gasteiger partial charge in [0, 0.05) is 12.4 Å². The van der Waals surface area contributed by atoms with Gasteiger partial charge in [-0.1, -0.05) is 41.8 Å². The summed E-state index contributed by atoms with van der Waals surface area (Å²) < 4.78 is 123.